The SMILES string of the molecule is CC1(COCC(I)CC(F)(F)C(F)(F)C(F)(F)C(F)(F)F)COC1. The summed E-state index contributed by atoms with van der Waals surface area (Å²) >= 11 is 1.24. The zero-order valence-corrected chi connectivity index (χ0v) is 14.4. The molecule has 0 aromatic rings. The van der Waals surface area contributed by atoms with Crippen molar-refractivity contribution in [3.8, 4) is 0 Å². The second kappa shape index (κ2) is 6.97. The molecule has 0 aliphatic carbocycles. The molecule has 0 aromatic carbocycles. The number of ether oxygens (including phenoxy) is 2. The summed E-state index contributed by atoms with van der Waals surface area (Å²) in [5.41, 5.74) is -0.355. The predicted octanol–water partition coefficient (Wildman–Crippen LogP) is 4.70. The first-order valence-electron chi connectivity index (χ1n) is 6.55. The Morgan fingerprint density at radius 2 is 1.50 bits per heavy atom. The first kappa shape index (κ1) is 22.1. The van der Waals surface area contributed by atoms with E-state index < -0.39 is 40.9 Å². The van der Waals surface area contributed by atoms with Gasteiger partial charge in [0.2, 0.25) is 0 Å². The van der Waals surface area contributed by atoms with Gasteiger partial charge < -0.3 is 9.47 Å². The standard InChI is InChI=1S/C12H14F9IO2/c1-8(5-24-6-8)4-23-3-7(22)2-9(13,14)10(15,16)11(17,18)12(19,20)21/h7H,2-6H2,1H3. The van der Waals surface area contributed by atoms with Gasteiger partial charge in [0.25, 0.3) is 0 Å². The van der Waals surface area contributed by atoms with Crippen LogP contribution in [0.15, 0.2) is 0 Å². The fourth-order valence-corrected chi connectivity index (χ4v) is 2.65. The van der Waals surface area contributed by atoms with Crippen molar-refractivity contribution < 1.29 is 49.0 Å². The van der Waals surface area contributed by atoms with Crippen LogP contribution in [0.4, 0.5) is 39.5 Å². The first-order chi connectivity index (χ1) is 10.6. The smallest absolute Gasteiger partial charge is 0.380 e. The summed E-state index contributed by atoms with van der Waals surface area (Å²) in [5, 5.41) is 0. The Hall–Kier alpha value is 0.0200. The fraction of sp³-hybridized carbons (Fsp3) is 1.00. The lowest BCUT2D eigenvalue weighted by atomic mass is 9.90. The van der Waals surface area contributed by atoms with E-state index in [-0.39, 0.29) is 12.0 Å². The fourth-order valence-electron chi connectivity index (χ4n) is 1.84. The molecule has 12 heteroatoms. The molecule has 1 atom stereocenters. The van der Waals surface area contributed by atoms with Crippen LogP contribution in [0.3, 0.4) is 0 Å². The number of hydrogen-bond donors (Lipinski definition) is 0. The molecule has 24 heavy (non-hydrogen) atoms. The highest BCUT2D eigenvalue weighted by Gasteiger charge is 2.81. The molecule has 1 fully saturated rings. The summed E-state index contributed by atoms with van der Waals surface area (Å²) in [6, 6.07) is 0. The average Bonchev–Trinajstić information content (AvgIpc) is 2.34. The first-order valence-corrected chi connectivity index (χ1v) is 7.80. The molecule has 0 radical (unpaired) electrons. The second-order valence-electron chi connectivity index (χ2n) is 5.97. The molecule has 1 saturated heterocycles. The Morgan fingerprint density at radius 1 is 1.00 bits per heavy atom. The molecule has 1 heterocycles. The van der Waals surface area contributed by atoms with E-state index in [1.54, 1.807) is 6.92 Å². The molecule has 0 aromatic heterocycles. The van der Waals surface area contributed by atoms with Gasteiger partial charge in [-0.15, -0.1) is 0 Å². The van der Waals surface area contributed by atoms with E-state index in [0.717, 1.165) is 0 Å². The normalized spacial score (nSPS) is 20.6. The molecule has 1 unspecified atom stereocenters. The highest BCUT2D eigenvalue weighted by atomic mass is 127. The van der Waals surface area contributed by atoms with Gasteiger partial charge in [-0.1, -0.05) is 29.5 Å². The van der Waals surface area contributed by atoms with Crippen molar-refractivity contribution in [2.24, 2.45) is 5.41 Å². The Balaban J connectivity index is 2.65. The van der Waals surface area contributed by atoms with E-state index in [0.29, 0.717) is 13.2 Å². The predicted molar refractivity (Wildman–Crippen MR) is 73.1 cm³/mol. The third kappa shape index (κ3) is 4.40. The Morgan fingerprint density at radius 3 is 1.88 bits per heavy atom. The van der Waals surface area contributed by atoms with Crippen LogP contribution in [0.25, 0.3) is 0 Å². The van der Waals surface area contributed by atoms with Gasteiger partial charge in [0.05, 0.1) is 26.4 Å². The van der Waals surface area contributed by atoms with Gasteiger partial charge in [-0.05, 0) is 0 Å². The van der Waals surface area contributed by atoms with Crippen molar-refractivity contribution >= 4 is 22.6 Å². The summed E-state index contributed by atoms with van der Waals surface area (Å²) < 4.78 is 123. The maximum absolute atomic E-state index is 13.4. The maximum atomic E-state index is 13.4. The Kier molecular flexibility index (Phi) is 6.41. The lowest BCUT2D eigenvalue weighted by molar-refractivity contribution is -0.396. The summed E-state index contributed by atoms with van der Waals surface area (Å²) in [5.74, 6) is -19.0. The number of alkyl halides is 10. The molecule has 144 valence electrons. The number of rotatable bonds is 8. The quantitative estimate of drug-likeness (QED) is 0.280. The third-order valence-corrected chi connectivity index (χ3v) is 4.14. The van der Waals surface area contributed by atoms with Crippen LogP contribution in [0.2, 0.25) is 0 Å². The van der Waals surface area contributed by atoms with Crippen LogP contribution in [-0.4, -0.2) is 54.3 Å². The van der Waals surface area contributed by atoms with Gasteiger partial charge in [-0.3, -0.25) is 0 Å². The summed E-state index contributed by atoms with van der Waals surface area (Å²) in [4.78, 5) is 0. The van der Waals surface area contributed by atoms with Gasteiger partial charge in [0, 0.05) is 15.8 Å². The van der Waals surface area contributed by atoms with E-state index in [4.69, 9.17) is 9.47 Å². The minimum Gasteiger partial charge on any atom is -0.380 e. The topological polar surface area (TPSA) is 18.5 Å². The minimum absolute atomic E-state index is 0.0627. The van der Waals surface area contributed by atoms with Crippen molar-refractivity contribution in [1.29, 1.82) is 0 Å². The lowest BCUT2D eigenvalue weighted by Crippen LogP contribution is -2.61. The molecule has 0 bridgehead atoms. The van der Waals surface area contributed by atoms with Crippen molar-refractivity contribution in [3.05, 3.63) is 0 Å². The van der Waals surface area contributed by atoms with Crippen LogP contribution < -0.4 is 0 Å². The average molecular weight is 488 g/mol. The van der Waals surface area contributed by atoms with E-state index in [9.17, 15) is 39.5 Å². The summed E-state index contributed by atoms with van der Waals surface area (Å²) in [6.07, 6.45) is -8.69. The van der Waals surface area contributed by atoms with Crippen molar-refractivity contribution in [2.75, 3.05) is 26.4 Å². The van der Waals surface area contributed by atoms with Crippen LogP contribution in [-0.2, 0) is 9.47 Å². The molecule has 1 rings (SSSR count). The van der Waals surface area contributed by atoms with Gasteiger partial charge in [0.15, 0.2) is 0 Å². The lowest BCUT2D eigenvalue weighted by Gasteiger charge is -2.38. The highest BCUT2D eigenvalue weighted by Crippen LogP contribution is 2.54. The molecule has 0 spiro atoms. The molecule has 0 N–H and O–H groups in total. The van der Waals surface area contributed by atoms with Crippen LogP contribution in [0, 0.1) is 5.41 Å². The van der Waals surface area contributed by atoms with Crippen molar-refractivity contribution in [2.45, 2.75) is 41.2 Å². The monoisotopic (exact) mass is 488 g/mol. The molecule has 1 aliphatic rings. The van der Waals surface area contributed by atoms with E-state index in [2.05, 4.69) is 0 Å². The van der Waals surface area contributed by atoms with Gasteiger partial charge >= 0.3 is 23.9 Å². The molecular formula is C12H14F9IO2. The second-order valence-corrected chi connectivity index (χ2v) is 7.73. The molecule has 0 amide bonds. The zero-order chi connectivity index (χ0) is 19.0. The Bertz CT molecular complexity index is 435. The van der Waals surface area contributed by atoms with E-state index in [1.165, 1.54) is 22.6 Å². The molecular weight excluding hydrogens is 474 g/mol. The highest BCUT2D eigenvalue weighted by molar-refractivity contribution is 14.1. The van der Waals surface area contributed by atoms with Crippen molar-refractivity contribution in [1.82, 2.24) is 0 Å². The summed E-state index contributed by atoms with van der Waals surface area (Å²) in [7, 11) is 0. The van der Waals surface area contributed by atoms with Gasteiger partial charge in [-0.2, -0.15) is 39.5 Å². The summed E-state index contributed by atoms with van der Waals surface area (Å²) in [6.45, 7) is 2.02. The van der Waals surface area contributed by atoms with E-state index in [1.807, 2.05) is 0 Å². The number of halogens is 10. The molecule has 0 saturated carbocycles. The number of hydrogen-bond acceptors (Lipinski definition) is 2. The maximum Gasteiger partial charge on any atom is 0.460 e. The third-order valence-electron chi connectivity index (χ3n) is 3.34. The van der Waals surface area contributed by atoms with Crippen LogP contribution >= 0.6 is 22.6 Å². The largest absolute Gasteiger partial charge is 0.460 e. The Labute approximate surface area is 145 Å². The van der Waals surface area contributed by atoms with E-state index >= 15 is 0 Å². The minimum atomic E-state index is -6.85. The van der Waals surface area contributed by atoms with Gasteiger partial charge in [-0.25, -0.2) is 0 Å². The molecule has 1 aliphatic heterocycles. The molecule has 2 nitrogen and oxygen atoms in total. The van der Waals surface area contributed by atoms with Crippen molar-refractivity contribution in [3.63, 3.8) is 0 Å². The van der Waals surface area contributed by atoms with Crippen LogP contribution in [0.1, 0.15) is 13.3 Å². The zero-order valence-electron chi connectivity index (χ0n) is 12.2. The van der Waals surface area contributed by atoms with Crippen LogP contribution in [0.5, 0.6) is 0 Å². The van der Waals surface area contributed by atoms with Gasteiger partial charge in [0.1, 0.15) is 0 Å².